The van der Waals surface area contributed by atoms with Crippen LogP contribution in [-0.4, -0.2) is 63.2 Å². The van der Waals surface area contributed by atoms with E-state index in [1.54, 1.807) is 21.3 Å². The summed E-state index contributed by atoms with van der Waals surface area (Å²) in [5.74, 6) is 2.77. The lowest BCUT2D eigenvalue weighted by Gasteiger charge is -2.35. The van der Waals surface area contributed by atoms with Crippen molar-refractivity contribution in [3.8, 4) is 17.2 Å². The zero-order valence-electron chi connectivity index (χ0n) is 20.1. The van der Waals surface area contributed by atoms with Crippen molar-refractivity contribution in [1.29, 1.82) is 0 Å². The monoisotopic (exact) mass is 452 g/mol. The van der Waals surface area contributed by atoms with Gasteiger partial charge in [0.1, 0.15) is 0 Å². The molecule has 6 nitrogen and oxygen atoms in total. The second kappa shape index (κ2) is 10.9. The van der Waals surface area contributed by atoms with E-state index in [0.29, 0.717) is 23.2 Å². The molecule has 0 spiro atoms. The second-order valence-electron chi connectivity index (χ2n) is 9.02. The van der Waals surface area contributed by atoms with Crippen LogP contribution in [0, 0.1) is 0 Å². The van der Waals surface area contributed by atoms with E-state index in [0.717, 1.165) is 43.9 Å². The SMILES string of the molecule is COc1ccc(CN2CCN(C(=O)c3ccc(C4CCCCC4)cc3)CC2)c(OC)c1OC. The van der Waals surface area contributed by atoms with Crippen molar-refractivity contribution < 1.29 is 19.0 Å². The molecule has 2 fully saturated rings. The number of piperazine rings is 1. The number of hydrogen-bond acceptors (Lipinski definition) is 5. The predicted molar refractivity (Wildman–Crippen MR) is 130 cm³/mol. The van der Waals surface area contributed by atoms with Crippen LogP contribution in [0.3, 0.4) is 0 Å². The van der Waals surface area contributed by atoms with Crippen LogP contribution in [0.25, 0.3) is 0 Å². The van der Waals surface area contributed by atoms with Crippen molar-refractivity contribution >= 4 is 5.91 Å². The Morgan fingerprint density at radius 3 is 2.09 bits per heavy atom. The Balaban J connectivity index is 1.35. The molecule has 1 saturated heterocycles. The van der Waals surface area contributed by atoms with Crippen molar-refractivity contribution in [2.45, 2.75) is 44.6 Å². The van der Waals surface area contributed by atoms with E-state index in [2.05, 4.69) is 17.0 Å². The van der Waals surface area contributed by atoms with E-state index < -0.39 is 0 Å². The number of carbonyl (C=O) groups is 1. The van der Waals surface area contributed by atoms with Gasteiger partial charge in [0.15, 0.2) is 11.5 Å². The summed E-state index contributed by atoms with van der Waals surface area (Å²) < 4.78 is 16.5. The molecule has 0 N–H and O–H groups in total. The molecule has 2 aromatic carbocycles. The van der Waals surface area contributed by atoms with Gasteiger partial charge in [0.25, 0.3) is 5.91 Å². The normalized spacial score (nSPS) is 17.6. The van der Waals surface area contributed by atoms with Crippen LogP contribution >= 0.6 is 0 Å². The fourth-order valence-corrected chi connectivity index (χ4v) is 5.15. The number of benzene rings is 2. The summed E-state index contributed by atoms with van der Waals surface area (Å²) in [6.07, 6.45) is 6.56. The summed E-state index contributed by atoms with van der Waals surface area (Å²) in [5.41, 5.74) is 3.23. The van der Waals surface area contributed by atoms with Gasteiger partial charge in [0.2, 0.25) is 5.75 Å². The van der Waals surface area contributed by atoms with Crippen LogP contribution in [-0.2, 0) is 6.54 Å². The van der Waals surface area contributed by atoms with E-state index in [-0.39, 0.29) is 5.91 Å². The summed E-state index contributed by atoms with van der Waals surface area (Å²) >= 11 is 0. The maximum absolute atomic E-state index is 13.1. The van der Waals surface area contributed by atoms with Crippen molar-refractivity contribution in [2.75, 3.05) is 47.5 Å². The lowest BCUT2D eigenvalue weighted by molar-refractivity contribution is 0.0627. The smallest absolute Gasteiger partial charge is 0.253 e. The summed E-state index contributed by atoms with van der Waals surface area (Å²) in [7, 11) is 4.89. The third kappa shape index (κ3) is 5.27. The first-order valence-electron chi connectivity index (χ1n) is 12.0. The van der Waals surface area contributed by atoms with Crippen molar-refractivity contribution in [3.05, 3.63) is 53.1 Å². The predicted octanol–water partition coefficient (Wildman–Crippen LogP) is 4.72. The number of methoxy groups -OCH3 is 3. The lowest BCUT2D eigenvalue weighted by Crippen LogP contribution is -2.48. The van der Waals surface area contributed by atoms with Crippen molar-refractivity contribution in [1.82, 2.24) is 9.80 Å². The van der Waals surface area contributed by atoms with Gasteiger partial charge in [-0.05, 0) is 42.5 Å². The Hall–Kier alpha value is -2.73. The maximum Gasteiger partial charge on any atom is 0.253 e. The zero-order valence-corrected chi connectivity index (χ0v) is 20.1. The van der Waals surface area contributed by atoms with Crippen LogP contribution < -0.4 is 14.2 Å². The number of nitrogens with zero attached hydrogens (tertiary/aromatic N) is 2. The molecule has 1 aliphatic carbocycles. The topological polar surface area (TPSA) is 51.2 Å². The summed E-state index contributed by atoms with van der Waals surface area (Å²) in [6.45, 7) is 3.83. The molecule has 178 valence electrons. The first kappa shape index (κ1) is 23.4. The number of rotatable bonds is 7. The van der Waals surface area contributed by atoms with E-state index in [4.69, 9.17) is 14.2 Å². The third-order valence-electron chi connectivity index (χ3n) is 7.07. The molecule has 4 rings (SSSR count). The van der Waals surface area contributed by atoms with Crippen LogP contribution in [0.4, 0.5) is 0 Å². The van der Waals surface area contributed by atoms with E-state index >= 15 is 0 Å². The molecule has 1 aliphatic heterocycles. The highest BCUT2D eigenvalue weighted by molar-refractivity contribution is 5.94. The second-order valence-corrected chi connectivity index (χ2v) is 9.02. The highest BCUT2D eigenvalue weighted by atomic mass is 16.5. The van der Waals surface area contributed by atoms with Crippen LogP contribution in [0.1, 0.15) is 59.5 Å². The van der Waals surface area contributed by atoms with Crippen molar-refractivity contribution in [2.24, 2.45) is 0 Å². The van der Waals surface area contributed by atoms with Gasteiger partial charge in [-0.3, -0.25) is 9.69 Å². The highest BCUT2D eigenvalue weighted by Crippen LogP contribution is 2.40. The fraction of sp³-hybridized carbons (Fsp3) is 0.519. The Kier molecular flexibility index (Phi) is 7.76. The number of hydrogen-bond donors (Lipinski definition) is 0. The largest absolute Gasteiger partial charge is 0.493 e. The number of ether oxygens (including phenoxy) is 3. The average Bonchev–Trinajstić information content (AvgIpc) is 2.89. The van der Waals surface area contributed by atoms with Gasteiger partial charge in [-0.25, -0.2) is 0 Å². The van der Waals surface area contributed by atoms with E-state index in [1.807, 2.05) is 29.2 Å². The molecule has 2 aromatic rings. The molecule has 1 saturated carbocycles. The average molecular weight is 453 g/mol. The Bertz CT molecular complexity index is 930. The van der Waals surface area contributed by atoms with Gasteiger partial charge >= 0.3 is 0 Å². The maximum atomic E-state index is 13.1. The molecule has 0 aromatic heterocycles. The van der Waals surface area contributed by atoms with Gasteiger partial charge < -0.3 is 19.1 Å². The van der Waals surface area contributed by atoms with E-state index in [9.17, 15) is 4.79 Å². The lowest BCUT2D eigenvalue weighted by atomic mass is 9.84. The number of carbonyl (C=O) groups excluding carboxylic acids is 1. The minimum absolute atomic E-state index is 0.133. The van der Waals surface area contributed by atoms with Crippen LogP contribution in [0.5, 0.6) is 17.2 Å². The third-order valence-corrected chi connectivity index (χ3v) is 7.07. The zero-order chi connectivity index (χ0) is 23.2. The Morgan fingerprint density at radius 2 is 1.48 bits per heavy atom. The quantitative estimate of drug-likeness (QED) is 0.609. The number of amides is 1. The molecular weight excluding hydrogens is 416 g/mol. The summed E-state index contributed by atoms with van der Waals surface area (Å²) in [4.78, 5) is 17.4. The molecule has 6 heteroatoms. The van der Waals surface area contributed by atoms with Gasteiger partial charge in [-0.1, -0.05) is 37.5 Å². The summed E-state index contributed by atoms with van der Waals surface area (Å²) in [6, 6.07) is 12.3. The fourth-order valence-electron chi connectivity index (χ4n) is 5.15. The highest BCUT2D eigenvalue weighted by Gasteiger charge is 2.24. The van der Waals surface area contributed by atoms with Crippen molar-refractivity contribution in [3.63, 3.8) is 0 Å². The van der Waals surface area contributed by atoms with Gasteiger partial charge in [-0.2, -0.15) is 0 Å². The molecule has 0 atom stereocenters. The first-order chi connectivity index (χ1) is 16.1. The molecule has 33 heavy (non-hydrogen) atoms. The standard InChI is InChI=1S/C27H36N2O4/c1-31-24-14-13-23(25(32-2)26(24)33-3)19-28-15-17-29(18-16-28)27(30)22-11-9-21(10-12-22)20-7-5-4-6-8-20/h9-14,20H,4-8,15-19H2,1-3H3. The molecule has 2 aliphatic rings. The minimum Gasteiger partial charge on any atom is -0.493 e. The molecule has 0 unspecified atom stereocenters. The molecule has 1 amide bonds. The van der Waals surface area contributed by atoms with Gasteiger partial charge in [0, 0.05) is 43.9 Å². The van der Waals surface area contributed by atoms with Crippen LogP contribution in [0.2, 0.25) is 0 Å². The minimum atomic E-state index is 0.133. The molecular formula is C27H36N2O4. The Morgan fingerprint density at radius 1 is 0.818 bits per heavy atom. The van der Waals surface area contributed by atoms with Crippen LogP contribution in [0.15, 0.2) is 36.4 Å². The van der Waals surface area contributed by atoms with Gasteiger partial charge in [-0.15, -0.1) is 0 Å². The molecule has 0 radical (unpaired) electrons. The van der Waals surface area contributed by atoms with Gasteiger partial charge in [0.05, 0.1) is 21.3 Å². The summed E-state index contributed by atoms with van der Waals surface area (Å²) in [5, 5.41) is 0. The molecule has 0 bridgehead atoms. The van der Waals surface area contributed by atoms with E-state index in [1.165, 1.54) is 37.7 Å². The first-order valence-corrected chi connectivity index (χ1v) is 12.0. The Labute approximate surface area is 197 Å². The molecule has 1 heterocycles.